The van der Waals surface area contributed by atoms with E-state index in [1.807, 2.05) is 0 Å². The lowest BCUT2D eigenvalue weighted by Crippen LogP contribution is -2.32. The molecule has 1 heterocycles. The number of carbonyl (C=O) groups excluding carboxylic acids is 1. The summed E-state index contributed by atoms with van der Waals surface area (Å²) in [6.07, 6.45) is 0. The predicted octanol–water partition coefficient (Wildman–Crippen LogP) is 2.73. The molecule has 1 aliphatic heterocycles. The maximum Gasteiger partial charge on any atom is 0.379 e. The zero-order valence-electron chi connectivity index (χ0n) is 13.4. The van der Waals surface area contributed by atoms with Gasteiger partial charge in [0.05, 0.1) is 22.1 Å². The van der Waals surface area contributed by atoms with E-state index < -0.39 is 16.2 Å². The van der Waals surface area contributed by atoms with Gasteiger partial charge in [-0.05, 0) is 31.2 Å². The quantitative estimate of drug-likeness (QED) is 0.638. The van der Waals surface area contributed by atoms with Crippen LogP contribution in [0, 0.1) is 0 Å². The van der Waals surface area contributed by atoms with Gasteiger partial charge in [-0.1, -0.05) is 41.9 Å². The maximum absolute atomic E-state index is 12.7. The molecule has 0 saturated heterocycles. The van der Waals surface area contributed by atoms with Crippen LogP contribution in [0.5, 0.6) is 0 Å². The van der Waals surface area contributed by atoms with E-state index in [0.717, 1.165) is 5.01 Å². The van der Waals surface area contributed by atoms with E-state index in [-0.39, 0.29) is 17.1 Å². The summed E-state index contributed by atoms with van der Waals surface area (Å²) in [5.74, 6) is -0.666. The number of amides is 1. The van der Waals surface area contributed by atoms with Crippen LogP contribution in [-0.2, 0) is 15.1 Å². The molecule has 0 spiro atoms. The molecule has 0 aromatic heterocycles. The van der Waals surface area contributed by atoms with Crippen LogP contribution in [0.1, 0.15) is 6.92 Å². The highest BCUT2D eigenvalue weighted by Gasteiger charge is 2.34. The van der Waals surface area contributed by atoms with Crippen molar-refractivity contribution in [1.82, 2.24) is 0 Å². The number of rotatable bonds is 4. The Labute approximate surface area is 154 Å². The minimum Gasteiger partial charge on any atom is -0.268 e. The molecule has 1 N–H and O–H groups in total. The fraction of sp³-hybridized carbons (Fsp3) is 0.0625. The molecule has 2 aromatic carbocycles. The number of hydrogen-bond donors (Lipinski definition) is 1. The molecule has 0 bridgehead atoms. The molecular formula is C16H13ClN4O4S. The van der Waals surface area contributed by atoms with Gasteiger partial charge in [-0.3, -0.25) is 9.35 Å². The second-order valence-electron chi connectivity index (χ2n) is 5.26. The Kier molecular flexibility index (Phi) is 4.77. The van der Waals surface area contributed by atoms with Gasteiger partial charge in [0.25, 0.3) is 0 Å². The molecule has 1 aliphatic rings. The van der Waals surface area contributed by atoms with Gasteiger partial charge in [-0.25, -0.2) is 0 Å². The van der Waals surface area contributed by atoms with Crippen LogP contribution in [0.15, 0.2) is 64.8 Å². The molecule has 0 aliphatic carbocycles. The fourth-order valence-corrected chi connectivity index (χ4v) is 3.08. The Balaban J connectivity index is 2.04. The minimum absolute atomic E-state index is 0.0688. The van der Waals surface area contributed by atoms with Crippen LogP contribution in [-0.4, -0.2) is 30.3 Å². The molecule has 0 atom stereocenters. The first kappa shape index (κ1) is 18.1. The van der Waals surface area contributed by atoms with Crippen LogP contribution in [0.4, 0.5) is 11.4 Å². The van der Waals surface area contributed by atoms with E-state index in [0.29, 0.717) is 15.1 Å². The molecule has 26 heavy (non-hydrogen) atoms. The highest BCUT2D eigenvalue weighted by molar-refractivity contribution is 7.87. The summed E-state index contributed by atoms with van der Waals surface area (Å²) in [6, 6.07) is 14.2. The Morgan fingerprint density at radius 3 is 2.35 bits per heavy atom. The summed E-state index contributed by atoms with van der Waals surface area (Å²) < 4.78 is 33.3. The van der Waals surface area contributed by atoms with Crippen LogP contribution in [0.2, 0.25) is 5.02 Å². The number of nitrogens with zero attached hydrogens (tertiary/aromatic N) is 4. The molecule has 3 rings (SSSR count). The van der Waals surface area contributed by atoms with E-state index >= 15 is 0 Å². The molecule has 8 nitrogen and oxygen atoms in total. The largest absolute Gasteiger partial charge is 0.379 e. The molecule has 134 valence electrons. The van der Waals surface area contributed by atoms with E-state index in [1.54, 1.807) is 42.5 Å². The van der Waals surface area contributed by atoms with Crippen molar-refractivity contribution >= 4 is 50.6 Å². The molecule has 0 fully saturated rings. The Morgan fingerprint density at radius 1 is 1.12 bits per heavy atom. The number of benzene rings is 2. The van der Waals surface area contributed by atoms with Crippen molar-refractivity contribution in [2.75, 3.05) is 9.42 Å². The number of hydrazone groups is 2. The number of anilines is 2. The van der Waals surface area contributed by atoms with Gasteiger partial charge < -0.3 is 0 Å². The molecule has 0 unspecified atom stereocenters. The summed E-state index contributed by atoms with van der Waals surface area (Å²) in [4.78, 5) is 12.7. The topological polar surface area (TPSA) is 103 Å². The van der Waals surface area contributed by atoms with Crippen molar-refractivity contribution in [3.05, 3.63) is 59.6 Å². The highest BCUT2D eigenvalue weighted by atomic mass is 35.5. The summed E-state index contributed by atoms with van der Waals surface area (Å²) >= 11 is 6.09. The monoisotopic (exact) mass is 392 g/mol. The zero-order valence-corrected chi connectivity index (χ0v) is 15.0. The van der Waals surface area contributed by atoms with Crippen molar-refractivity contribution in [2.45, 2.75) is 6.92 Å². The molecule has 1 amide bonds. The fourth-order valence-electron chi connectivity index (χ4n) is 2.29. The van der Waals surface area contributed by atoms with Crippen LogP contribution < -0.4 is 9.42 Å². The third kappa shape index (κ3) is 3.45. The van der Waals surface area contributed by atoms with Crippen LogP contribution >= 0.6 is 11.6 Å². The average Bonchev–Trinajstić information content (AvgIpc) is 2.87. The molecule has 2 aromatic rings. The zero-order chi connectivity index (χ0) is 18.9. The number of hydrogen-bond acceptors (Lipinski definition) is 5. The average molecular weight is 393 g/mol. The normalized spacial score (nSPS) is 16.1. The summed E-state index contributed by atoms with van der Waals surface area (Å²) in [6.45, 7) is 1.50. The van der Waals surface area contributed by atoms with Gasteiger partial charge in [-0.2, -0.15) is 18.5 Å². The van der Waals surface area contributed by atoms with E-state index in [2.05, 4.69) is 10.2 Å². The van der Waals surface area contributed by atoms with Gasteiger partial charge in [0, 0.05) is 0 Å². The first-order valence-corrected chi connectivity index (χ1v) is 9.12. The second kappa shape index (κ2) is 6.87. The van der Waals surface area contributed by atoms with E-state index in [9.17, 15) is 17.8 Å². The third-order valence-corrected chi connectivity index (χ3v) is 4.50. The maximum atomic E-state index is 12.7. The lowest BCUT2D eigenvalue weighted by atomic mass is 10.2. The Hall–Kier alpha value is -2.75. The van der Waals surface area contributed by atoms with Gasteiger partial charge in [-0.15, -0.1) is 9.52 Å². The molecule has 0 radical (unpaired) electrons. The van der Waals surface area contributed by atoms with Crippen molar-refractivity contribution in [3.8, 4) is 0 Å². The SMILES string of the molecule is CC1=NN(c2ccccc2Cl)C(=O)C1=NN(c1ccccc1)S(=O)(=O)O. The smallest absolute Gasteiger partial charge is 0.268 e. The van der Waals surface area contributed by atoms with Crippen LogP contribution in [0.3, 0.4) is 0 Å². The number of para-hydroxylation sites is 2. The van der Waals surface area contributed by atoms with Crippen molar-refractivity contribution in [1.29, 1.82) is 0 Å². The van der Waals surface area contributed by atoms with Gasteiger partial charge in [0.1, 0.15) is 0 Å². The van der Waals surface area contributed by atoms with E-state index in [4.69, 9.17) is 11.6 Å². The van der Waals surface area contributed by atoms with Gasteiger partial charge in [0.2, 0.25) is 0 Å². The minimum atomic E-state index is -4.75. The van der Waals surface area contributed by atoms with Gasteiger partial charge >= 0.3 is 16.2 Å². The Morgan fingerprint density at radius 2 is 1.73 bits per heavy atom. The number of halogens is 1. The van der Waals surface area contributed by atoms with Crippen molar-refractivity contribution < 1.29 is 17.8 Å². The highest BCUT2D eigenvalue weighted by Crippen LogP contribution is 2.28. The van der Waals surface area contributed by atoms with Crippen molar-refractivity contribution in [2.24, 2.45) is 10.2 Å². The first-order chi connectivity index (χ1) is 12.3. The molecule has 0 saturated carbocycles. The Bertz CT molecular complexity index is 1020. The lowest BCUT2D eigenvalue weighted by molar-refractivity contribution is -0.112. The van der Waals surface area contributed by atoms with Gasteiger partial charge in [0.15, 0.2) is 5.71 Å². The second-order valence-corrected chi connectivity index (χ2v) is 6.91. The van der Waals surface area contributed by atoms with Crippen molar-refractivity contribution in [3.63, 3.8) is 0 Å². The predicted molar refractivity (Wildman–Crippen MR) is 100.0 cm³/mol. The third-order valence-electron chi connectivity index (χ3n) is 3.45. The summed E-state index contributed by atoms with van der Waals surface area (Å²) in [5.41, 5.74) is 0.354. The lowest BCUT2D eigenvalue weighted by Gasteiger charge is -2.16. The summed E-state index contributed by atoms with van der Waals surface area (Å²) in [5, 5.41) is 9.26. The van der Waals surface area contributed by atoms with Crippen LogP contribution in [0.25, 0.3) is 0 Å². The molecule has 10 heteroatoms. The first-order valence-electron chi connectivity index (χ1n) is 7.35. The number of carbonyl (C=O) groups is 1. The standard InChI is InChI=1S/C16H13ClN4O4S/c1-11-15(16(22)20(18-11)14-10-6-5-9-13(14)17)19-21(26(23,24)25)12-7-3-2-4-8-12/h2-10H,1H3,(H,23,24,25). The van der Waals surface area contributed by atoms with E-state index in [1.165, 1.54) is 19.1 Å². The summed E-state index contributed by atoms with van der Waals surface area (Å²) in [7, 11) is -4.75. The molecular weight excluding hydrogens is 380 g/mol.